The Morgan fingerprint density at radius 2 is 0.921 bits per heavy atom. The zero-order valence-corrected chi connectivity index (χ0v) is 25.2. The molecule has 1 aromatic rings. The second-order valence-corrected chi connectivity index (χ2v) is 10.8. The summed E-state index contributed by atoms with van der Waals surface area (Å²) in [5.74, 6) is -1.20. The van der Waals surface area contributed by atoms with Crippen molar-refractivity contribution < 1.29 is 24.8 Å². The first-order valence-corrected chi connectivity index (χ1v) is 15.9. The lowest BCUT2D eigenvalue weighted by molar-refractivity contribution is -0.237. The van der Waals surface area contributed by atoms with Gasteiger partial charge in [0.05, 0.1) is 6.61 Å². The van der Waals surface area contributed by atoms with Crippen molar-refractivity contribution in [3.8, 4) is 11.5 Å². The van der Waals surface area contributed by atoms with E-state index in [-0.39, 0.29) is 23.7 Å². The minimum absolute atomic E-state index is 0.0946. The first-order valence-electron chi connectivity index (χ1n) is 15.9. The molecule has 1 rings (SSSR count). The Balaban J connectivity index is 3.25. The summed E-state index contributed by atoms with van der Waals surface area (Å²) in [5.41, 5.74) is 2.84. The number of unbranched alkanes of at least 4 members (excludes halogenated alkanes) is 15. The summed E-state index contributed by atoms with van der Waals surface area (Å²) in [6.45, 7) is 8.64. The molecule has 5 heteroatoms. The lowest BCUT2D eigenvalue weighted by Gasteiger charge is -2.21. The van der Waals surface area contributed by atoms with Crippen LogP contribution < -0.4 is 0 Å². The van der Waals surface area contributed by atoms with Crippen LogP contribution in [0.3, 0.4) is 0 Å². The molecule has 1 aromatic carbocycles. The van der Waals surface area contributed by atoms with Crippen LogP contribution in [0.25, 0.3) is 0 Å². The van der Waals surface area contributed by atoms with E-state index in [2.05, 4.69) is 20.8 Å². The van der Waals surface area contributed by atoms with Gasteiger partial charge in [-0.1, -0.05) is 117 Å². The SMILES string of the molecule is CCCCCCCCc1c(O)c(O)c(C(=O)OOCC)c(CCCCCCCC)c1CCCCCCCC. The fourth-order valence-electron chi connectivity index (χ4n) is 5.35. The third-order valence-electron chi connectivity index (χ3n) is 7.57. The molecule has 0 radical (unpaired) electrons. The second kappa shape index (κ2) is 22.1. The Hall–Kier alpha value is -1.75. The molecule has 2 N–H and O–H groups in total. The summed E-state index contributed by atoms with van der Waals surface area (Å²) in [5, 5.41) is 22.2. The third kappa shape index (κ3) is 12.9. The standard InChI is InChI=1S/C33H58O5/c1-5-9-12-15-18-21-24-27-28(25-22-19-16-13-10-6-2)30(33(36)38-37-8-4)32(35)31(34)29(27)26-23-20-17-14-11-7-3/h34-35H,5-26H2,1-4H3. The molecule has 0 aromatic heterocycles. The van der Waals surface area contributed by atoms with Crippen molar-refractivity contribution in [2.75, 3.05) is 6.61 Å². The molecule has 0 atom stereocenters. The molecule has 0 bridgehead atoms. The Labute approximate surface area is 233 Å². The molecular weight excluding hydrogens is 476 g/mol. The molecule has 0 aliphatic rings. The number of rotatable bonds is 24. The van der Waals surface area contributed by atoms with Crippen LogP contribution in [0.1, 0.15) is 170 Å². The van der Waals surface area contributed by atoms with E-state index in [1.807, 2.05) is 0 Å². The maximum absolute atomic E-state index is 13.0. The summed E-state index contributed by atoms with van der Waals surface area (Å²) >= 11 is 0. The van der Waals surface area contributed by atoms with Gasteiger partial charge in [-0.15, -0.1) is 0 Å². The van der Waals surface area contributed by atoms with Gasteiger partial charge in [0, 0.05) is 5.56 Å². The number of phenols is 2. The number of benzene rings is 1. The highest BCUT2D eigenvalue weighted by molar-refractivity contribution is 5.95. The molecule has 5 nitrogen and oxygen atoms in total. The van der Waals surface area contributed by atoms with Crippen LogP contribution in [0.5, 0.6) is 11.5 Å². The van der Waals surface area contributed by atoms with E-state index in [0.29, 0.717) is 6.42 Å². The monoisotopic (exact) mass is 534 g/mol. The Morgan fingerprint density at radius 1 is 0.526 bits per heavy atom. The minimum Gasteiger partial charge on any atom is -0.504 e. The van der Waals surface area contributed by atoms with E-state index in [9.17, 15) is 15.0 Å². The highest BCUT2D eigenvalue weighted by atomic mass is 17.2. The van der Waals surface area contributed by atoms with Crippen molar-refractivity contribution >= 4 is 5.97 Å². The molecule has 0 saturated carbocycles. The summed E-state index contributed by atoms with van der Waals surface area (Å²) in [6, 6.07) is 0. The number of carbonyl (C=O) groups is 1. The minimum atomic E-state index is -0.712. The largest absolute Gasteiger partial charge is 0.504 e. The van der Waals surface area contributed by atoms with Crippen LogP contribution in [0, 0.1) is 0 Å². The molecule has 0 spiro atoms. The Morgan fingerprint density at radius 3 is 1.37 bits per heavy atom. The van der Waals surface area contributed by atoms with Gasteiger partial charge < -0.3 is 10.2 Å². The predicted molar refractivity (Wildman–Crippen MR) is 158 cm³/mol. The third-order valence-corrected chi connectivity index (χ3v) is 7.57. The average molecular weight is 535 g/mol. The van der Waals surface area contributed by atoms with E-state index in [1.54, 1.807) is 6.92 Å². The van der Waals surface area contributed by atoms with Gasteiger partial charge >= 0.3 is 5.97 Å². The van der Waals surface area contributed by atoms with Crippen LogP contribution in [-0.2, 0) is 29.0 Å². The Bertz CT molecular complexity index is 758. The van der Waals surface area contributed by atoms with Crippen LogP contribution in [0.4, 0.5) is 0 Å². The molecular formula is C33H58O5. The van der Waals surface area contributed by atoms with Crippen LogP contribution in [-0.4, -0.2) is 22.8 Å². The normalized spacial score (nSPS) is 11.3. The molecule has 0 aliphatic carbocycles. The highest BCUT2D eigenvalue weighted by Crippen LogP contribution is 2.41. The van der Waals surface area contributed by atoms with Gasteiger partial charge in [0.1, 0.15) is 5.56 Å². The van der Waals surface area contributed by atoms with Gasteiger partial charge in [-0.25, -0.2) is 4.79 Å². The fraction of sp³-hybridized carbons (Fsp3) is 0.788. The quantitative estimate of drug-likeness (QED) is 0.0597. The molecule has 220 valence electrons. The lowest BCUT2D eigenvalue weighted by Crippen LogP contribution is -2.14. The number of hydrogen-bond donors (Lipinski definition) is 2. The van der Waals surface area contributed by atoms with Gasteiger partial charge in [0.15, 0.2) is 11.5 Å². The van der Waals surface area contributed by atoms with Crippen LogP contribution >= 0.6 is 0 Å². The van der Waals surface area contributed by atoms with E-state index < -0.39 is 5.97 Å². The van der Waals surface area contributed by atoms with Crippen LogP contribution in [0.15, 0.2) is 0 Å². The summed E-state index contributed by atoms with van der Waals surface area (Å²) < 4.78 is 0. The number of hydrogen-bond acceptors (Lipinski definition) is 5. The van der Waals surface area contributed by atoms with Crippen molar-refractivity contribution in [3.05, 3.63) is 22.3 Å². The zero-order valence-electron chi connectivity index (χ0n) is 25.2. The lowest BCUT2D eigenvalue weighted by atomic mass is 9.85. The van der Waals surface area contributed by atoms with E-state index in [4.69, 9.17) is 9.78 Å². The van der Waals surface area contributed by atoms with Gasteiger partial charge in [-0.2, -0.15) is 4.89 Å². The van der Waals surface area contributed by atoms with E-state index in [1.165, 1.54) is 77.0 Å². The molecule has 0 saturated heterocycles. The fourth-order valence-corrected chi connectivity index (χ4v) is 5.35. The van der Waals surface area contributed by atoms with Gasteiger partial charge in [-0.3, -0.25) is 4.89 Å². The first-order chi connectivity index (χ1) is 18.5. The maximum atomic E-state index is 13.0. The maximum Gasteiger partial charge on any atom is 0.377 e. The average Bonchev–Trinajstić information content (AvgIpc) is 2.92. The van der Waals surface area contributed by atoms with Crippen molar-refractivity contribution in [2.45, 2.75) is 163 Å². The molecule has 0 fully saturated rings. The summed E-state index contributed by atoms with van der Waals surface area (Å²) in [7, 11) is 0. The molecule has 0 unspecified atom stereocenters. The molecule has 0 heterocycles. The highest BCUT2D eigenvalue weighted by Gasteiger charge is 2.28. The summed E-state index contributed by atoms with van der Waals surface area (Å²) in [4.78, 5) is 23.0. The zero-order chi connectivity index (χ0) is 28.0. The predicted octanol–water partition coefficient (Wildman–Crippen LogP) is 9.92. The van der Waals surface area contributed by atoms with E-state index >= 15 is 0 Å². The van der Waals surface area contributed by atoms with Crippen molar-refractivity contribution in [1.82, 2.24) is 0 Å². The second-order valence-electron chi connectivity index (χ2n) is 10.8. The van der Waals surface area contributed by atoms with Gasteiger partial charge in [-0.05, 0) is 56.6 Å². The molecule has 0 amide bonds. The van der Waals surface area contributed by atoms with Crippen molar-refractivity contribution in [3.63, 3.8) is 0 Å². The van der Waals surface area contributed by atoms with E-state index in [0.717, 1.165) is 68.1 Å². The van der Waals surface area contributed by atoms with Gasteiger partial charge in [0.2, 0.25) is 0 Å². The number of carbonyl (C=O) groups excluding carboxylic acids is 1. The van der Waals surface area contributed by atoms with Gasteiger partial charge in [0.25, 0.3) is 0 Å². The van der Waals surface area contributed by atoms with Crippen LogP contribution in [0.2, 0.25) is 0 Å². The smallest absolute Gasteiger partial charge is 0.377 e. The molecule has 0 aliphatic heterocycles. The Kier molecular flexibility index (Phi) is 19.9. The first kappa shape index (κ1) is 34.3. The molecule has 38 heavy (non-hydrogen) atoms. The van der Waals surface area contributed by atoms with Crippen molar-refractivity contribution in [2.24, 2.45) is 0 Å². The number of aromatic hydroxyl groups is 2. The van der Waals surface area contributed by atoms with Crippen molar-refractivity contribution in [1.29, 1.82) is 0 Å². The topological polar surface area (TPSA) is 76.0 Å². The number of phenolic OH excluding ortho intramolecular Hbond substituents is 2. The summed E-state index contributed by atoms with van der Waals surface area (Å²) in [6.07, 6.45) is 23.2.